The maximum absolute atomic E-state index is 3.85. The summed E-state index contributed by atoms with van der Waals surface area (Å²) < 4.78 is 0. The molecule has 0 amide bonds. The van der Waals surface area contributed by atoms with Crippen LogP contribution < -0.4 is 5.32 Å². The average molecular weight is 260 g/mol. The molecule has 2 unspecified atom stereocenters. The van der Waals surface area contributed by atoms with E-state index in [1.807, 2.05) is 0 Å². The zero-order valence-electron chi connectivity index (χ0n) is 12.2. The first-order valence-electron chi connectivity index (χ1n) is 8.17. The number of nitrogens with one attached hydrogen (secondary N) is 1. The molecule has 0 aromatic heterocycles. The summed E-state index contributed by atoms with van der Waals surface area (Å²) in [5.74, 6) is 2.47. The van der Waals surface area contributed by atoms with Crippen LogP contribution in [0.2, 0.25) is 0 Å². The second-order valence-corrected chi connectivity index (χ2v) is 6.49. The van der Waals surface area contributed by atoms with Gasteiger partial charge in [0.25, 0.3) is 0 Å². The van der Waals surface area contributed by atoms with E-state index in [9.17, 15) is 0 Å². The molecule has 3 atom stereocenters. The topological polar surface area (TPSA) is 15.3 Å². The Morgan fingerprint density at radius 3 is 2.47 bits per heavy atom. The molecule has 1 N–H and O–H groups in total. The quantitative estimate of drug-likeness (QED) is 0.818. The first-order valence-corrected chi connectivity index (χ1v) is 8.17. The third-order valence-electron chi connectivity index (χ3n) is 5.39. The summed E-state index contributed by atoms with van der Waals surface area (Å²) in [4.78, 5) is 2.63. The van der Waals surface area contributed by atoms with Crippen molar-refractivity contribution >= 4 is 0 Å². The van der Waals surface area contributed by atoms with Gasteiger partial charge in [0.2, 0.25) is 0 Å². The van der Waals surface area contributed by atoms with Gasteiger partial charge in [-0.2, -0.15) is 0 Å². The van der Waals surface area contributed by atoms with Gasteiger partial charge in [0, 0.05) is 12.6 Å². The highest BCUT2D eigenvalue weighted by atomic mass is 15.2. The molecule has 2 nitrogen and oxygen atoms in total. The molecule has 3 fully saturated rings. The number of piperidine rings is 3. The lowest BCUT2D eigenvalue weighted by atomic mass is 9.82. The van der Waals surface area contributed by atoms with Crippen molar-refractivity contribution in [1.82, 2.24) is 10.2 Å². The van der Waals surface area contributed by atoms with Gasteiger partial charge in [-0.05, 0) is 63.1 Å². The fourth-order valence-electron chi connectivity index (χ4n) is 4.08. The second-order valence-electron chi connectivity index (χ2n) is 6.49. The number of rotatable bonds is 5. The van der Waals surface area contributed by atoms with Crippen LogP contribution in [0, 0.1) is 17.8 Å². The standard InChI is InChI=1S/C17H28N2/c1-2-14-5-3-4-6-15(14)7-10-18-17-13-19-11-8-16(17)9-12-19/h3-6,14-18H,2,7-13H2,1H3/t14?,15-,17?/m1/s1. The molecule has 2 bridgehead atoms. The van der Waals surface area contributed by atoms with Gasteiger partial charge >= 0.3 is 0 Å². The molecule has 0 aromatic rings. The van der Waals surface area contributed by atoms with Crippen LogP contribution in [-0.4, -0.2) is 37.1 Å². The number of fused-ring (bicyclic) bond motifs is 3. The zero-order valence-corrected chi connectivity index (χ0v) is 12.2. The molecule has 106 valence electrons. The third-order valence-corrected chi connectivity index (χ3v) is 5.39. The summed E-state index contributed by atoms with van der Waals surface area (Å²) in [6.45, 7) is 7.48. The van der Waals surface area contributed by atoms with Crippen molar-refractivity contribution in [3.8, 4) is 0 Å². The molecule has 2 heteroatoms. The van der Waals surface area contributed by atoms with Gasteiger partial charge in [-0.25, -0.2) is 0 Å². The largest absolute Gasteiger partial charge is 0.312 e. The zero-order chi connectivity index (χ0) is 13.1. The molecule has 19 heavy (non-hydrogen) atoms. The Bertz CT molecular complexity index is 339. The van der Waals surface area contributed by atoms with Gasteiger partial charge in [0.1, 0.15) is 0 Å². The first-order chi connectivity index (χ1) is 9.36. The van der Waals surface area contributed by atoms with Crippen molar-refractivity contribution in [3.05, 3.63) is 24.3 Å². The summed E-state index contributed by atoms with van der Waals surface area (Å²) in [7, 11) is 0. The molecule has 4 rings (SSSR count). The van der Waals surface area contributed by atoms with Crippen molar-refractivity contribution in [3.63, 3.8) is 0 Å². The summed E-state index contributed by atoms with van der Waals surface area (Å²) in [5, 5.41) is 3.85. The molecule has 3 heterocycles. The van der Waals surface area contributed by atoms with Gasteiger partial charge in [-0.1, -0.05) is 31.2 Å². The Morgan fingerprint density at radius 1 is 1.11 bits per heavy atom. The molecule has 0 saturated carbocycles. The van der Waals surface area contributed by atoms with Crippen LogP contribution in [-0.2, 0) is 0 Å². The normalized spacial score (nSPS) is 40.8. The van der Waals surface area contributed by atoms with E-state index in [0.717, 1.165) is 23.8 Å². The van der Waals surface area contributed by atoms with E-state index < -0.39 is 0 Å². The van der Waals surface area contributed by atoms with Crippen LogP contribution >= 0.6 is 0 Å². The van der Waals surface area contributed by atoms with E-state index in [1.165, 1.54) is 51.9 Å². The highest BCUT2D eigenvalue weighted by Gasteiger charge is 2.33. The monoisotopic (exact) mass is 260 g/mol. The Labute approximate surface area is 117 Å². The van der Waals surface area contributed by atoms with E-state index >= 15 is 0 Å². The predicted octanol–water partition coefficient (Wildman–Crippen LogP) is 2.83. The minimum atomic E-state index is 0.753. The van der Waals surface area contributed by atoms with Crippen molar-refractivity contribution in [1.29, 1.82) is 0 Å². The van der Waals surface area contributed by atoms with Crippen LogP contribution in [0.1, 0.15) is 32.6 Å². The van der Waals surface area contributed by atoms with E-state index in [1.54, 1.807) is 0 Å². The molecule has 0 aromatic carbocycles. The Balaban J connectivity index is 1.43. The number of nitrogens with zero attached hydrogens (tertiary/aromatic N) is 1. The third kappa shape index (κ3) is 3.11. The van der Waals surface area contributed by atoms with Crippen LogP contribution in [0.4, 0.5) is 0 Å². The van der Waals surface area contributed by atoms with Crippen molar-refractivity contribution in [2.75, 3.05) is 26.2 Å². The summed E-state index contributed by atoms with van der Waals surface area (Å²) in [6.07, 6.45) is 14.6. The molecule has 1 aliphatic carbocycles. The predicted molar refractivity (Wildman–Crippen MR) is 81.1 cm³/mol. The van der Waals surface area contributed by atoms with Gasteiger partial charge in [0.05, 0.1) is 0 Å². The summed E-state index contributed by atoms with van der Waals surface area (Å²) in [6, 6.07) is 0.769. The van der Waals surface area contributed by atoms with E-state index in [-0.39, 0.29) is 0 Å². The lowest BCUT2D eigenvalue weighted by Crippen LogP contribution is -2.56. The molecule has 0 radical (unpaired) electrons. The fraction of sp³-hybridized carbons (Fsp3) is 0.765. The molecular formula is C17H28N2. The molecule has 3 aliphatic heterocycles. The lowest BCUT2D eigenvalue weighted by Gasteiger charge is -2.45. The van der Waals surface area contributed by atoms with Crippen molar-refractivity contribution in [2.45, 2.75) is 38.6 Å². The van der Waals surface area contributed by atoms with Crippen LogP contribution in [0.15, 0.2) is 24.3 Å². The molecular weight excluding hydrogens is 232 g/mol. The number of allylic oxidation sites excluding steroid dienone is 4. The number of hydrogen-bond acceptors (Lipinski definition) is 2. The molecule has 3 saturated heterocycles. The summed E-state index contributed by atoms with van der Waals surface area (Å²) in [5.41, 5.74) is 0. The van der Waals surface area contributed by atoms with Crippen LogP contribution in [0.3, 0.4) is 0 Å². The fourth-order valence-corrected chi connectivity index (χ4v) is 4.08. The minimum absolute atomic E-state index is 0.753. The van der Waals surface area contributed by atoms with Gasteiger partial charge in [-0.15, -0.1) is 0 Å². The maximum atomic E-state index is 3.85. The minimum Gasteiger partial charge on any atom is -0.312 e. The average Bonchev–Trinajstić information content (AvgIpc) is 2.49. The molecule has 0 spiro atoms. The second kappa shape index (κ2) is 6.23. The lowest BCUT2D eigenvalue weighted by molar-refractivity contribution is 0.0722. The van der Waals surface area contributed by atoms with E-state index in [0.29, 0.717) is 0 Å². The number of hydrogen-bond donors (Lipinski definition) is 1. The maximum Gasteiger partial charge on any atom is 0.0224 e. The molecule has 4 aliphatic rings. The smallest absolute Gasteiger partial charge is 0.0224 e. The Kier molecular flexibility index (Phi) is 4.39. The van der Waals surface area contributed by atoms with Crippen LogP contribution in [0.5, 0.6) is 0 Å². The first kappa shape index (κ1) is 13.4. The van der Waals surface area contributed by atoms with Crippen molar-refractivity contribution < 1.29 is 0 Å². The highest BCUT2D eigenvalue weighted by molar-refractivity contribution is 5.14. The van der Waals surface area contributed by atoms with Gasteiger partial charge < -0.3 is 10.2 Å². The van der Waals surface area contributed by atoms with Crippen LogP contribution in [0.25, 0.3) is 0 Å². The van der Waals surface area contributed by atoms with Crippen molar-refractivity contribution in [2.24, 2.45) is 17.8 Å². The Morgan fingerprint density at radius 2 is 1.84 bits per heavy atom. The Hall–Kier alpha value is -0.600. The van der Waals surface area contributed by atoms with E-state index in [2.05, 4.69) is 41.4 Å². The van der Waals surface area contributed by atoms with Gasteiger partial charge in [-0.3, -0.25) is 0 Å². The highest BCUT2D eigenvalue weighted by Crippen LogP contribution is 2.28. The van der Waals surface area contributed by atoms with Gasteiger partial charge in [0.15, 0.2) is 0 Å². The van der Waals surface area contributed by atoms with E-state index in [4.69, 9.17) is 0 Å². The summed E-state index contributed by atoms with van der Waals surface area (Å²) >= 11 is 0. The SMILES string of the molecule is CCC1C=CC=C[C@@H]1CCNC1CN2CCC1CC2.